The molecule has 0 aliphatic carbocycles. The van der Waals surface area contributed by atoms with Crippen LogP contribution in [0.25, 0.3) is 115 Å². The quantitative estimate of drug-likeness (QED) is 0.149. The van der Waals surface area contributed by atoms with Crippen LogP contribution in [0.1, 0.15) is 17.8 Å². The highest BCUT2D eigenvalue weighted by atomic mass is 16.3. The number of furan rings is 1. The summed E-state index contributed by atoms with van der Waals surface area (Å²) < 4.78 is 128. The lowest BCUT2D eigenvalue weighted by molar-refractivity contribution is 0.674. The zero-order chi connectivity index (χ0) is 56.7. The fourth-order valence-electron chi connectivity index (χ4n) is 10.0. The second-order valence-corrected chi connectivity index (χ2v) is 17.0. The van der Waals surface area contributed by atoms with Gasteiger partial charge in [0.15, 0.2) is 0 Å². The Labute approximate surface area is 417 Å². The lowest BCUT2D eigenvalue weighted by Gasteiger charge is -2.26. The predicted molar refractivity (Wildman–Crippen MR) is 292 cm³/mol. The molecule has 0 spiro atoms. The third-order valence-electron chi connectivity index (χ3n) is 13.2. The van der Waals surface area contributed by atoms with Gasteiger partial charge in [0.25, 0.3) is 0 Å². The molecule has 0 N–H and O–H groups in total. The van der Waals surface area contributed by atoms with Crippen LogP contribution in [0.5, 0.6) is 0 Å². The summed E-state index contributed by atoms with van der Waals surface area (Å²) in [6.45, 7) is 0. The number of benzene rings is 12. The Morgan fingerprint density at radius 2 is 0.913 bits per heavy atom. The molecule has 0 saturated heterocycles. The summed E-state index contributed by atoms with van der Waals surface area (Å²) >= 11 is 0. The Kier molecular flexibility index (Phi) is 6.40. The van der Waals surface area contributed by atoms with Crippen LogP contribution in [0.3, 0.4) is 0 Å². The largest absolute Gasteiger partial charge is 0.455 e. The van der Waals surface area contributed by atoms with Crippen LogP contribution in [0.2, 0.25) is 0 Å². The van der Waals surface area contributed by atoms with E-state index in [-0.39, 0.29) is 44.0 Å². The molecule has 0 fully saturated rings. The lowest BCUT2D eigenvalue weighted by atomic mass is 9.93. The van der Waals surface area contributed by atoms with Gasteiger partial charge in [-0.2, -0.15) is 0 Å². The van der Waals surface area contributed by atoms with Gasteiger partial charge in [-0.05, 0) is 116 Å². The van der Waals surface area contributed by atoms with E-state index in [4.69, 9.17) is 15.4 Å². The molecule has 0 bridgehead atoms. The van der Waals surface area contributed by atoms with Crippen molar-refractivity contribution in [3.8, 4) is 39.1 Å². The van der Waals surface area contributed by atoms with Crippen LogP contribution in [0, 0.1) is 0 Å². The zero-order valence-electron chi connectivity index (χ0n) is 49.5. The molecule has 322 valence electrons. The first-order chi connectivity index (χ1) is 39.7. The van der Waals surface area contributed by atoms with E-state index in [0.717, 1.165) is 71.3 Å². The van der Waals surface area contributed by atoms with Crippen molar-refractivity contribution in [2.75, 3.05) is 4.90 Å². The van der Waals surface area contributed by atoms with E-state index in [1.807, 2.05) is 109 Å². The summed E-state index contributed by atoms with van der Waals surface area (Å²) in [7, 11) is 0. The molecular weight excluding hydrogens is 837 g/mol. The average Bonchev–Trinajstić information content (AvgIpc) is 4.09. The highest BCUT2D eigenvalue weighted by Crippen LogP contribution is 2.43. The maximum atomic E-state index is 9.91. The standard InChI is InChI=1S/C66H42N2O/c1-4-18-53-43(14-1)34-41-60-59-24-13-23-54(65(59)69-66(53)60)45-30-37-49(38-31-45)67(50-39-32-46(33-40-50)61-42-47-15-2-3-16-51(47)55-19-5-6-20-56(55)61)48-35-28-44(29-36-48)52-17-7-10-25-62(52)68-63-26-11-8-21-57(63)58-22-9-12-27-64(58)68/h1-42H/i1D,4D,13D,14D,18D,23D,24D,30D,31D,34D,37D,38D,41D. The first kappa shape index (κ1) is 28.1. The Hall–Kier alpha value is -9.18. The summed E-state index contributed by atoms with van der Waals surface area (Å²) in [5.74, 6) is 0. The van der Waals surface area contributed by atoms with Gasteiger partial charge >= 0.3 is 0 Å². The summed E-state index contributed by atoms with van der Waals surface area (Å²) in [5.41, 5.74) is 6.11. The van der Waals surface area contributed by atoms with E-state index in [0.29, 0.717) is 11.4 Å². The van der Waals surface area contributed by atoms with Crippen LogP contribution >= 0.6 is 0 Å². The first-order valence-electron chi connectivity index (χ1n) is 29.1. The van der Waals surface area contributed by atoms with Gasteiger partial charge in [-0.15, -0.1) is 0 Å². The van der Waals surface area contributed by atoms with Crippen molar-refractivity contribution in [2.45, 2.75) is 0 Å². The molecule has 0 amide bonds. The highest BCUT2D eigenvalue weighted by molar-refractivity contribution is 6.18. The van der Waals surface area contributed by atoms with Crippen LogP contribution in [-0.2, 0) is 0 Å². The summed E-state index contributed by atoms with van der Waals surface area (Å²) in [6, 6.07) is 51.0. The van der Waals surface area contributed by atoms with Crippen molar-refractivity contribution in [3.05, 3.63) is 254 Å². The summed E-state index contributed by atoms with van der Waals surface area (Å²) in [6.07, 6.45) is 0. The van der Waals surface area contributed by atoms with E-state index >= 15 is 0 Å². The number of anilines is 3. The topological polar surface area (TPSA) is 21.3 Å². The van der Waals surface area contributed by atoms with Gasteiger partial charge in [0.05, 0.1) is 34.5 Å². The first-order valence-corrected chi connectivity index (χ1v) is 22.6. The number of aromatic nitrogens is 1. The van der Waals surface area contributed by atoms with Crippen molar-refractivity contribution in [3.63, 3.8) is 0 Å². The molecule has 0 aliphatic rings. The van der Waals surface area contributed by atoms with Gasteiger partial charge in [-0.1, -0.05) is 188 Å². The minimum absolute atomic E-state index is 0.133. The van der Waals surface area contributed by atoms with Crippen LogP contribution < -0.4 is 4.90 Å². The second kappa shape index (κ2) is 15.7. The third-order valence-corrected chi connectivity index (χ3v) is 13.2. The molecule has 14 rings (SSSR count). The average molecular weight is 892 g/mol. The number of para-hydroxylation sites is 4. The number of hydrogen-bond donors (Lipinski definition) is 0. The van der Waals surface area contributed by atoms with Crippen molar-refractivity contribution in [1.82, 2.24) is 4.57 Å². The molecular formula is C66H42N2O. The van der Waals surface area contributed by atoms with Crippen molar-refractivity contribution in [1.29, 1.82) is 0 Å². The van der Waals surface area contributed by atoms with Crippen LogP contribution in [0.4, 0.5) is 17.1 Å². The second-order valence-electron chi connectivity index (χ2n) is 17.0. The van der Waals surface area contributed by atoms with E-state index in [1.54, 1.807) is 4.90 Å². The molecule has 12 aromatic carbocycles. The van der Waals surface area contributed by atoms with E-state index in [2.05, 4.69) is 71.3 Å². The van der Waals surface area contributed by atoms with Crippen molar-refractivity contribution in [2.24, 2.45) is 0 Å². The molecule has 14 aromatic rings. The van der Waals surface area contributed by atoms with E-state index in [1.165, 1.54) is 0 Å². The number of nitrogens with zero attached hydrogens (tertiary/aromatic N) is 2. The summed E-state index contributed by atoms with van der Waals surface area (Å²) in [4.78, 5) is 1.66. The van der Waals surface area contributed by atoms with Gasteiger partial charge in [0.2, 0.25) is 0 Å². The lowest BCUT2D eigenvalue weighted by Crippen LogP contribution is -2.10. The molecule has 2 aromatic heterocycles. The van der Waals surface area contributed by atoms with Crippen molar-refractivity contribution < 1.29 is 22.2 Å². The fourth-order valence-corrected chi connectivity index (χ4v) is 10.0. The predicted octanol–water partition coefficient (Wildman–Crippen LogP) is 18.6. The van der Waals surface area contributed by atoms with Crippen molar-refractivity contribution >= 4 is 93.1 Å². The van der Waals surface area contributed by atoms with Gasteiger partial charge < -0.3 is 13.9 Å². The van der Waals surface area contributed by atoms with E-state index in [9.17, 15) is 6.85 Å². The number of fused-ring (bicyclic) bond motifs is 11. The molecule has 0 atom stereocenters. The monoisotopic (exact) mass is 891 g/mol. The van der Waals surface area contributed by atoms with Gasteiger partial charge in [0, 0.05) is 55.1 Å². The smallest absolute Gasteiger partial charge is 0.143 e. The van der Waals surface area contributed by atoms with Crippen LogP contribution in [0.15, 0.2) is 259 Å². The Morgan fingerprint density at radius 3 is 1.65 bits per heavy atom. The number of hydrogen-bond acceptors (Lipinski definition) is 2. The Morgan fingerprint density at radius 1 is 0.333 bits per heavy atom. The summed E-state index contributed by atoms with van der Waals surface area (Å²) in [5, 5.41) is 5.54. The minimum atomic E-state index is -0.687. The SMILES string of the molecule is [2H]c1c([2H])c(N(c2ccc(-c3ccccc3-n3c4ccccc4c4ccccc43)cc2)c2ccc(-c3cc4ccccc4c4ccccc34)cc2)c([2H])c([2H])c1-c1c([2H])c([2H])c([2H])c2c1oc1c3c([2H])c([2H])c([2H])c([2H])c3c([2H])c([2H])c12. The molecule has 2 heterocycles. The molecule has 3 nitrogen and oxygen atoms in total. The van der Waals surface area contributed by atoms with Gasteiger partial charge in [-0.3, -0.25) is 0 Å². The Bertz CT molecular complexity index is 5010. The zero-order valence-corrected chi connectivity index (χ0v) is 36.5. The van der Waals surface area contributed by atoms with Gasteiger partial charge in [-0.25, -0.2) is 0 Å². The highest BCUT2D eigenvalue weighted by Gasteiger charge is 2.19. The molecule has 3 heteroatoms. The maximum Gasteiger partial charge on any atom is 0.143 e. The molecule has 0 saturated carbocycles. The minimum Gasteiger partial charge on any atom is -0.455 e. The van der Waals surface area contributed by atoms with Crippen LogP contribution in [-0.4, -0.2) is 4.57 Å². The third kappa shape index (κ3) is 6.29. The molecule has 0 radical (unpaired) electrons. The maximum absolute atomic E-state index is 9.91. The Balaban J connectivity index is 0.975. The normalized spacial score (nSPS) is 14.4. The molecule has 69 heavy (non-hydrogen) atoms. The molecule has 0 aliphatic heterocycles. The number of rotatable bonds is 7. The molecule has 0 unspecified atom stereocenters. The fraction of sp³-hybridized carbons (Fsp3) is 0. The van der Waals surface area contributed by atoms with Gasteiger partial charge in [0.1, 0.15) is 11.2 Å². The van der Waals surface area contributed by atoms with E-state index < -0.39 is 84.1 Å².